The Balaban J connectivity index is 1.49. The van der Waals surface area contributed by atoms with Gasteiger partial charge in [0.25, 0.3) is 0 Å². The van der Waals surface area contributed by atoms with E-state index in [1.807, 2.05) is 24.3 Å². The third-order valence-corrected chi connectivity index (χ3v) is 5.44. The van der Waals surface area contributed by atoms with Gasteiger partial charge in [0, 0.05) is 29.0 Å². The van der Waals surface area contributed by atoms with Crippen molar-refractivity contribution in [3.63, 3.8) is 0 Å². The molecule has 1 atom stereocenters. The zero-order valence-electron chi connectivity index (χ0n) is 15.3. The van der Waals surface area contributed by atoms with Gasteiger partial charge in [0.15, 0.2) is 0 Å². The number of aryl methyl sites for hydroxylation is 1. The Morgan fingerprint density at radius 1 is 1.07 bits per heavy atom. The molecule has 4 aromatic rings. The van der Waals surface area contributed by atoms with Gasteiger partial charge in [-0.25, -0.2) is 0 Å². The summed E-state index contributed by atoms with van der Waals surface area (Å²) in [7, 11) is 0. The molecule has 1 aliphatic carbocycles. The second-order valence-electron chi connectivity index (χ2n) is 7.18. The Kier molecular flexibility index (Phi) is 4.02. The van der Waals surface area contributed by atoms with Crippen molar-refractivity contribution in [2.45, 2.75) is 25.3 Å². The molecule has 2 aromatic carbocycles. The summed E-state index contributed by atoms with van der Waals surface area (Å²) in [6.45, 7) is 0. The number of benzene rings is 2. The van der Waals surface area contributed by atoms with Gasteiger partial charge in [0.1, 0.15) is 5.69 Å². The summed E-state index contributed by atoms with van der Waals surface area (Å²) in [5.74, 6) is 0. The molecular weight excluding hydrogens is 346 g/mol. The predicted molar refractivity (Wildman–Crippen MR) is 110 cm³/mol. The van der Waals surface area contributed by atoms with Crippen LogP contribution >= 0.6 is 0 Å². The van der Waals surface area contributed by atoms with Gasteiger partial charge in [-0.3, -0.25) is 10.1 Å². The van der Waals surface area contributed by atoms with Gasteiger partial charge >= 0.3 is 0 Å². The Bertz CT molecular complexity index is 1190. The average molecular weight is 365 g/mol. The van der Waals surface area contributed by atoms with Crippen molar-refractivity contribution in [1.29, 1.82) is 5.26 Å². The lowest BCUT2D eigenvalue weighted by Crippen LogP contribution is -2.17. The van der Waals surface area contributed by atoms with Crippen LogP contribution in [0.15, 0.2) is 60.9 Å². The van der Waals surface area contributed by atoms with Crippen molar-refractivity contribution in [3.05, 3.63) is 77.6 Å². The van der Waals surface area contributed by atoms with Crippen LogP contribution in [0.5, 0.6) is 0 Å². The molecule has 0 amide bonds. The molecule has 0 saturated heterocycles. The van der Waals surface area contributed by atoms with Gasteiger partial charge < -0.3 is 5.32 Å². The predicted octanol–water partition coefficient (Wildman–Crippen LogP) is 4.99. The van der Waals surface area contributed by atoms with Crippen molar-refractivity contribution in [2.75, 3.05) is 5.32 Å². The van der Waals surface area contributed by atoms with Crippen molar-refractivity contribution >= 4 is 16.6 Å². The van der Waals surface area contributed by atoms with E-state index in [0.717, 1.165) is 52.7 Å². The minimum Gasteiger partial charge on any atom is -0.378 e. The maximum Gasteiger partial charge on any atom is 0.100 e. The monoisotopic (exact) mass is 365 g/mol. The molecule has 0 radical (unpaired) electrons. The van der Waals surface area contributed by atoms with E-state index >= 15 is 0 Å². The second kappa shape index (κ2) is 6.82. The van der Waals surface area contributed by atoms with E-state index in [1.54, 1.807) is 12.4 Å². The second-order valence-corrected chi connectivity index (χ2v) is 7.18. The van der Waals surface area contributed by atoms with Crippen LogP contribution in [0.25, 0.3) is 22.2 Å². The molecule has 1 aliphatic rings. The first-order chi connectivity index (χ1) is 13.8. The van der Waals surface area contributed by atoms with E-state index in [0.29, 0.717) is 0 Å². The first-order valence-electron chi connectivity index (χ1n) is 9.50. The number of anilines is 1. The highest BCUT2D eigenvalue weighted by atomic mass is 15.1. The topological polar surface area (TPSA) is 77.4 Å². The molecule has 0 spiro atoms. The summed E-state index contributed by atoms with van der Waals surface area (Å²) in [5, 5.41) is 21.6. The van der Waals surface area contributed by atoms with Crippen LogP contribution in [0.3, 0.4) is 0 Å². The number of nitrogens with one attached hydrogen (secondary N) is 2. The van der Waals surface area contributed by atoms with Crippen LogP contribution in [0.2, 0.25) is 0 Å². The molecule has 0 fully saturated rings. The fraction of sp³-hybridized carbons (Fsp3) is 0.174. The normalized spacial score (nSPS) is 15.8. The number of pyridine rings is 1. The number of H-pyrrole nitrogens is 1. The van der Waals surface area contributed by atoms with Gasteiger partial charge in [0.05, 0.1) is 23.2 Å². The SMILES string of the molecule is N#Cc1ccc2c(c1)CCC[C@H]2Nc1ccc2[nH]nc(-c3ccncc3)c2c1. The van der Waals surface area contributed by atoms with Crippen LogP contribution < -0.4 is 5.32 Å². The lowest BCUT2D eigenvalue weighted by atomic mass is 9.86. The van der Waals surface area contributed by atoms with E-state index in [9.17, 15) is 0 Å². The zero-order valence-corrected chi connectivity index (χ0v) is 15.3. The quantitative estimate of drug-likeness (QED) is 0.536. The van der Waals surface area contributed by atoms with E-state index in [2.05, 4.69) is 50.8 Å². The highest BCUT2D eigenvalue weighted by Gasteiger charge is 2.20. The van der Waals surface area contributed by atoms with Crippen LogP contribution in [0.4, 0.5) is 5.69 Å². The van der Waals surface area contributed by atoms with Gasteiger partial charge in [-0.1, -0.05) is 6.07 Å². The molecule has 2 heterocycles. The summed E-state index contributed by atoms with van der Waals surface area (Å²) in [6, 6.07) is 18.8. The summed E-state index contributed by atoms with van der Waals surface area (Å²) in [4.78, 5) is 4.09. The van der Waals surface area contributed by atoms with E-state index < -0.39 is 0 Å². The summed E-state index contributed by atoms with van der Waals surface area (Å²) < 4.78 is 0. The molecule has 5 heteroatoms. The van der Waals surface area contributed by atoms with E-state index in [4.69, 9.17) is 5.26 Å². The van der Waals surface area contributed by atoms with Crippen molar-refractivity contribution in [3.8, 4) is 17.3 Å². The van der Waals surface area contributed by atoms with Crippen molar-refractivity contribution in [1.82, 2.24) is 15.2 Å². The molecule has 0 bridgehead atoms. The van der Waals surface area contributed by atoms with Crippen LogP contribution in [0, 0.1) is 11.3 Å². The van der Waals surface area contributed by atoms with Crippen LogP contribution in [-0.4, -0.2) is 15.2 Å². The third kappa shape index (κ3) is 2.89. The number of nitrogens with zero attached hydrogens (tertiary/aromatic N) is 3. The lowest BCUT2D eigenvalue weighted by Gasteiger charge is -2.27. The maximum absolute atomic E-state index is 9.16. The lowest BCUT2D eigenvalue weighted by molar-refractivity contribution is 0.600. The molecule has 5 nitrogen and oxygen atoms in total. The van der Waals surface area contributed by atoms with Crippen molar-refractivity contribution < 1.29 is 0 Å². The van der Waals surface area contributed by atoms with Gasteiger partial charge in [-0.05, 0) is 72.9 Å². The number of hydrogen-bond acceptors (Lipinski definition) is 4. The van der Waals surface area contributed by atoms with Crippen LogP contribution in [-0.2, 0) is 6.42 Å². The molecule has 28 heavy (non-hydrogen) atoms. The number of fused-ring (bicyclic) bond motifs is 2. The number of hydrogen-bond donors (Lipinski definition) is 2. The minimum atomic E-state index is 0.255. The van der Waals surface area contributed by atoms with Gasteiger partial charge in [0.2, 0.25) is 0 Å². The molecule has 0 aliphatic heterocycles. The third-order valence-electron chi connectivity index (χ3n) is 5.44. The fourth-order valence-corrected chi connectivity index (χ4v) is 4.07. The first kappa shape index (κ1) is 16.5. The summed E-state index contributed by atoms with van der Waals surface area (Å²) >= 11 is 0. The number of nitriles is 1. The fourth-order valence-electron chi connectivity index (χ4n) is 4.07. The number of aromatic nitrogens is 3. The zero-order chi connectivity index (χ0) is 18.9. The Morgan fingerprint density at radius 2 is 1.96 bits per heavy atom. The van der Waals surface area contributed by atoms with Crippen molar-refractivity contribution in [2.24, 2.45) is 0 Å². The highest BCUT2D eigenvalue weighted by molar-refractivity contribution is 5.94. The van der Waals surface area contributed by atoms with E-state index in [1.165, 1.54) is 11.1 Å². The maximum atomic E-state index is 9.16. The summed E-state index contributed by atoms with van der Waals surface area (Å²) in [5.41, 5.74) is 7.39. The number of rotatable bonds is 3. The highest BCUT2D eigenvalue weighted by Crippen LogP contribution is 2.35. The van der Waals surface area contributed by atoms with Gasteiger partial charge in [-0.2, -0.15) is 10.4 Å². The Morgan fingerprint density at radius 3 is 2.82 bits per heavy atom. The average Bonchev–Trinajstić information content (AvgIpc) is 3.17. The van der Waals surface area contributed by atoms with Crippen LogP contribution in [0.1, 0.15) is 35.6 Å². The Labute approximate surface area is 163 Å². The molecular formula is C23H19N5. The summed E-state index contributed by atoms with van der Waals surface area (Å²) in [6.07, 6.45) is 6.81. The molecule has 5 rings (SSSR count). The van der Waals surface area contributed by atoms with E-state index in [-0.39, 0.29) is 6.04 Å². The molecule has 136 valence electrons. The van der Waals surface area contributed by atoms with Gasteiger partial charge in [-0.15, -0.1) is 0 Å². The standard InChI is InChI=1S/C23H19N5/c24-14-15-4-6-19-17(12-15)2-1-3-21(19)26-18-5-7-22-20(13-18)23(28-27-22)16-8-10-25-11-9-16/h4-13,21,26H,1-3H2,(H,27,28)/t21-/m1/s1. The number of aromatic amines is 1. The first-order valence-corrected chi connectivity index (χ1v) is 9.50. The smallest absolute Gasteiger partial charge is 0.100 e. The Hall–Kier alpha value is -3.65. The molecule has 0 unspecified atom stereocenters. The molecule has 2 N–H and O–H groups in total. The largest absolute Gasteiger partial charge is 0.378 e. The minimum absolute atomic E-state index is 0.255. The molecule has 0 saturated carbocycles. The molecule has 2 aromatic heterocycles.